The van der Waals surface area contributed by atoms with Gasteiger partial charge in [0, 0.05) is 0 Å². The van der Waals surface area contributed by atoms with E-state index >= 15 is 0 Å². The molecule has 0 rings (SSSR count). The average Bonchev–Trinajstić information content (AvgIpc) is 1.86. The van der Waals surface area contributed by atoms with Crippen molar-refractivity contribution in [2.45, 2.75) is 24.1 Å². The summed E-state index contributed by atoms with van der Waals surface area (Å²) in [7, 11) is 0. The van der Waals surface area contributed by atoms with E-state index in [-0.39, 0.29) is 20.9 Å². The van der Waals surface area contributed by atoms with Gasteiger partial charge in [-0.1, -0.05) is 0 Å². The van der Waals surface area contributed by atoms with Gasteiger partial charge in [-0.05, 0) is 0 Å². The second kappa shape index (κ2) is 5.15. The van der Waals surface area contributed by atoms with E-state index in [1.165, 1.54) is 6.92 Å². The van der Waals surface area contributed by atoms with Gasteiger partial charge in [0.25, 0.3) is 0 Å². The van der Waals surface area contributed by atoms with Crippen LogP contribution in [-0.2, 0) is 9.59 Å². The van der Waals surface area contributed by atoms with E-state index in [0.717, 1.165) is 0 Å². The fraction of sp³-hybridized carbons (Fsp3) is 0.667. The van der Waals surface area contributed by atoms with Gasteiger partial charge in [0.15, 0.2) is 0 Å². The number of rotatable bonds is 4. The molecule has 11 heavy (non-hydrogen) atoms. The van der Waals surface area contributed by atoms with Crippen LogP contribution < -0.4 is 5.32 Å². The van der Waals surface area contributed by atoms with Gasteiger partial charge < -0.3 is 0 Å². The van der Waals surface area contributed by atoms with Crippen LogP contribution in [0.25, 0.3) is 0 Å². The van der Waals surface area contributed by atoms with E-state index < -0.39 is 12.0 Å². The number of carboxylic acids is 1. The summed E-state index contributed by atoms with van der Waals surface area (Å²) in [4.78, 5) is 20.9. The molecular weight excluding hydrogens is 213 g/mol. The van der Waals surface area contributed by atoms with E-state index in [4.69, 9.17) is 5.11 Å². The number of nitrogens with one attached hydrogen (secondary N) is 1. The molecule has 0 fully saturated rings. The third kappa shape index (κ3) is 4.81. The molecule has 0 aromatic carbocycles. The molecule has 0 aromatic heterocycles. The molecule has 0 saturated carbocycles. The molecule has 0 saturated heterocycles. The van der Waals surface area contributed by atoms with Crippen LogP contribution >= 0.6 is 0 Å². The van der Waals surface area contributed by atoms with Crippen LogP contribution in [0.4, 0.5) is 0 Å². The summed E-state index contributed by atoms with van der Waals surface area (Å²) in [5.41, 5.74) is 0. The summed E-state index contributed by atoms with van der Waals surface area (Å²) in [5, 5.41) is 11.4. The van der Waals surface area contributed by atoms with Crippen LogP contribution in [0.2, 0.25) is 11.1 Å². The van der Waals surface area contributed by atoms with E-state index in [9.17, 15) is 9.59 Å². The monoisotopic (exact) mass is 225 g/mol. The van der Waals surface area contributed by atoms with Crippen LogP contribution in [0.1, 0.15) is 6.92 Å². The Labute approximate surface area is 71.5 Å². The Morgan fingerprint density at radius 1 is 1.64 bits per heavy atom. The molecule has 1 amide bonds. The number of hydrogen-bond donors (Lipinski definition) is 2. The fourth-order valence-corrected chi connectivity index (χ4v) is 1.76. The molecule has 0 aliphatic rings. The third-order valence-electron chi connectivity index (χ3n) is 1.01. The Balaban J connectivity index is 3.89. The number of carbonyl (C=O) groups excluding carboxylic acids is 1. The van der Waals surface area contributed by atoms with Gasteiger partial charge in [-0.3, -0.25) is 0 Å². The first-order valence-corrected chi connectivity index (χ1v) is 5.99. The Kier molecular flexibility index (Phi) is 4.90. The Morgan fingerprint density at radius 3 is 2.45 bits per heavy atom. The second-order valence-electron chi connectivity index (χ2n) is 2.05. The molecule has 0 aliphatic heterocycles. The molecule has 4 nitrogen and oxygen atoms in total. The number of aliphatic carboxylic acids is 1. The first-order valence-electron chi connectivity index (χ1n) is 3.06. The van der Waals surface area contributed by atoms with E-state index in [0.29, 0.717) is 5.32 Å². The summed E-state index contributed by atoms with van der Waals surface area (Å²) < 4.78 is 0. The average molecular weight is 224 g/mol. The van der Waals surface area contributed by atoms with Crippen molar-refractivity contribution >= 4 is 26.8 Å². The van der Waals surface area contributed by atoms with Gasteiger partial charge in [0.2, 0.25) is 0 Å². The van der Waals surface area contributed by atoms with Crippen molar-refractivity contribution in [1.82, 2.24) is 5.32 Å². The molecule has 0 aliphatic carbocycles. The van der Waals surface area contributed by atoms with Crippen LogP contribution in [0, 0.1) is 0 Å². The van der Waals surface area contributed by atoms with Gasteiger partial charge in [0.1, 0.15) is 0 Å². The Bertz CT molecular complexity index is 160. The molecule has 5 heteroatoms. The molecule has 0 aromatic rings. The Morgan fingerprint density at radius 2 is 2.18 bits per heavy atom. The van der Waals surface area contributed by atoms with Crippen molar-refractivity contribution < 1.29 is 14.7 Å². The molecule has 0 spiro atoms. The van der Waals surface area contributed by atoms with E-state index in [1.807, 2.05) is 5.82 Å². The van der Waals surface area contributed by atoms with Crippen molar-refractivity contribution in [3.05, 3.63) is 0 Å². The topological polar surface area (TPSA) is 66.4 Å². The molecular formula is C6H11NO3Se. The van der Waals surface area contributed by atoms with Gasteiger partial charge >= 0.3 is 71.0 Å². The summed E-state index contributed by atoms with van der Waals surface area (Å²) in [6.07, 6.45) is 0. The molecule has 0 heterocycles. The summed E-state index contributed by atoms with van der Waals surface area (Å²) >= 11 is 0.269. The zero-order valence-corrected chi connectivity index (χ0v) is 8.17. The molecule has 1 unspecified atom stereocenters. The predicted molar refractivity (Wildman–Crippen MR) is 41.7 cm³/mol. The number of carbonyl (C=O) groups is 2. The fourth-order valence-electron chi connectivity index (χ4n) is 0.587. The van der Waals surface area contributed by atoms with Gasteiger partial charge in [-0.15, -0.1) is 0 Å². The zero-order valence-electron chi connectivity index (χ0n) is 6.46. The molecule has 0 bridgehead atoms. The van der Waals surface area contributed by atoms with E-state index in [1.54, 1.807) is 0 Å². The standard InChI is InChI=1S/C6H11NO3Se/c1-4(8)7-5(3-11-2)6(9)10/h5H,3H2,1-2H3,(H,7,8)(H,9,10). The second-order valence-corrected chi connectivity index (χ2v) is 3.96. The van der Waals surface area contributed by atoms with Crippen LogP contribution in [0.15, 0.2) is 0 Å². The summed E-state index contributed by atoms with van der Waals surface area (Å²) in [5.74, 6) is 0.690. The first-order chi connectivity index (χ1) is 5.07. The van der Waals surface area contributed by atoms with E-state index in [2.05, 4.69) is 5.32 Å². The number of hydrogen-bond acceptors (Lipinski definition) is 2. The third-order valence-corrected chi connectivity index (χ3v) is 2.41. The summed E-state index contributed by atoms with van der Waals surface area (Å²) in [6, 6.07) is -0.697. The maximum absolute atomic E-state index is 10.5. The quantitative estimate of drug-likeness (QED) is 0.647. The van der Waals surface area contributed by atoms with Gasteiger partial charge in [0.05, 0.1) is 0 Å². The molecule has 64 valence electrons. The predicted octanol–water partition coefficient (Wildman–Crippen LogP) is -0.254. The maximum atomic E-state index is 10.5. The van der Waals surface area contributed by atoms with Crippen molar-refractivity contribution in [3.63, 3.8) is 0 Å². The normalized spacial score (nSPS) is 12.2. The Hall–Kier alpha value is -0.541. The molecule has 1 atom stereocenters. The number of amides is 1. The van der Waals surface area contributed by atoms with Crippen LogP contribution in [-0.4, -0.2) is 38.0 Å². The minimum atomic E-state index is -0.955. The number of carboxylic acid groups (broad SMARTS) is 1. The van der Waals surface area contributed by atoms with Gasteiger partial charge in [-0.25, -0.2) is 0 Å². The minimum absolute atomic E-state index is 0.269. The van der Waals surface area contributed by atoms with Crippen molar-refractivity contribution in [2.75, 3.05) is 0 Å². The molecule has 0 radical (unpaired) electrons. The van der Waals surface area contributed by atoms with Crippen LogP contribution in [0.5, 0.6) is 0 Å². The van der Waals surface area contributed by atoms with Gasteiger partial charge in [-0.2, -0.15) is 0 Å². The zero-order chi connectivity index (χ0) is 8.85. The summed E-state index contributed by atoms with van der Waals surface area (Å²) in [6.45, 7) is 1.32. The van der Waals surface area contributed by atoms with Crippen molar-refractivity contribution in [2.24, 2.45) is 0 Å². The molecule has 2 N–H and O–H groups in total. The SMILES string of the molecule is C[Se]CC(NC(C)=O)C(=O)O. The first kappa shape index (κ1) is 10.5. The van der Waals surface area contributed by atoms with Crippen molar-refractivity contribution in [1.29, 1.82) is 0 Å². The van der Waals surface area contributed by atoms with Crippen LogP contribution in [0.3, 0.4) is 0 Å². The van der Waals surface area contributed by atoms with Crippen molar-refractivity contribution in [3.8, 4) is 0 Å².